The standard InChI is InChI=1S/C17H22N2O4/c20-15-10-14(18-16(21)13-4-2-1-3-5-13)17(22)19(15)11-12-6-8-23-9-7-12/h1-5,10,12,15,17,20,22H,6-9,11H2,(H,18,21). The molecule has 3 rings (SSSR count). The molecule has 2 unspecified atom stereocenters. The summed E-state index contributed by atoms with van der Waals surface area (Å²) >= 11 is 0. The van der Waals surface area contributed by atoms with Crippen LogP contribution in [0, 0.1) is 5.92 Å². The van der Waals surface area contributed by atoms with Crippen LogP contribution in [0.1, 0.15) is 23.2 Å². The molecule has 1 aromatic rings. The number of amides is 1. The maximum Gasteiger partial charge on any atom is 0.255 e. The predicted molar refractivity (Wildman–Crippen MR) is 84.3 cm³/mol. The highest BCUT2D eigenvalue weighted by atomic mass is 16.5. The summed E-state index contributed by atoms with van der Waals surface area (Å²) in [5, 5.41) is 23.2. The zero-order valence-electron chi connectivity index (χ0n) is 12.9. The lowest BCUT2D eigenvalue weighted by atomic mass is 10.00. The van der Waals surface area contributed by atoms with Crippen molar-refractivity contribution in [2.45, 2.75) is 25.3 Å². The molecule has 2 aliphatic rings. The molecule has 1 aromatic carbocycles. The van der Waals surface area contributed by atoms with Crippen LogP contribution in [0.3, 0.4) is 0 Å². The summed E-state index contributed by atoms with van der Waals surface area (Å²) < 4.78 is 5.33. The number of benzene rings is 1. The average molecular weight is 318 g/mol. The van der Waals surface area contributed by atoms with Crippen molar-refractivity contribution < 1.29 is 19.7 Å². The number of carbonyl (C=O) groups excluding carboxylic acids is 1. The fourth-order valence-electron chi connectivity index (χ4n) is 3.00. The van der Waals surface area contributed by atoms with Gasteiger partial charge in [-0.05, 0) is 37.0 Å². The zero-order valence-corrected chi connectivity index (χ0v) is 12.9. The molecule has 23 heavy (non-hydrogen) atoms. The zero-order chi connectivity index (χ0) is 16.2. The molecule has 2 aliphatic heterocycles. The van der Waals surface area contributed by atoms with Crippen molar-refractivity contribution in [3.8, 4) is 0 Å². The molecule has 3 N–H and O–H groups in total. The first-order valence-electron chi connectivity index (χ1n) is 7.93. The van der Waals surface area contributed by atoms with E-state index in [1.54, 1.807) is 29.2 Å². The van der Waals surface area contributed by atoms with Crippen molar-refractivity contribution in [3.63, 3.8) is 0 Å². The van der Waals surface area contributed by atoms with Crippen molar-refractivity contribution in [1.29, 1.82) is 0 Å². The fourth-order valence-corrected chi connectivity index (χ4v) is 3.00. The minimum atomic E-state index is -1.000. The smallest absolute Gasteiger partial charge is 0.255 e. The summed E-state index contributed by atoms with van der Waals surface area (Å²) in [5.74, 6) is 0.0849. The van der Waals surface area contributed by atoms with E-state index in [4.69, 9.17) is 4.74 Å². The average Bonchev–Trinajstić information content (AvgIpc) is 2.84. The number of aliphatic hydroxyl groups is 2. The maximum absolute atomic E-state index is 12.2. The summed E-state index contributed by atoms with van der Waals surface area (Å²) in [4.78, 5) is 13.8. The summed E-state index contributed by atoms with van der Waals surface area (Å²) in [5.41, 5.74) is 0.844. The van der Waals surface area contributed by atoms with Gasteiger partial charge >= 0.3 is 0 Å². The molecular weight excluding hydrogens is 296 g/mol. The Hall–Kier alpha value is -1.73. The minimum absolute atomic E-state index is 0.295. The molecule has 0 aliphatic carbocycles. The van der Waals surface area contributed by atoms with Gasteiger partial charge in [-0.15, -0.1) is 0 Å². The molecule has 2 heterocycles. The third-order valence-corrected chi connectivity index (χ3v) is 4.36. The van der Waals surface area contributed by atoms with Gasteiger partial charge in [0, 0.05) is 25.3 Å². The molecule has 1 amide bonds. The topological polar surface area (TPSA) is 82.0 Å². The van der Waals surface area contributed by atoms with Crippen LogP contribution in [0.25, 0.3) is 0 Å². The number of hydrogen-bond acceptors (Lipinski definition) is 5. The largest absolute Gasteiger partial charge is 0.381 e. The van der Waals surface area contributed by atoms with Gasteiger partial charge < -0.3 is 20.3 Å². The molecule has 0 bridgehead atoms. The van der Waals surface area contributed by atoms with Crippen LogP contribution >= 0.6 is 0 Å². The molecule has 0 saturated carbocycles. The summed E-state index contributed by atoms with van der Waals surface area (Å²) in [6, 6.07) is 8.79. The predicted octanol–water partition coefficient (Wildman–Crippen LogP) is 0.679. The molecule has 0 radical (unpaired) electrons. The molecule has 1 saturated heterocycles. The Bertz CT molecular complexity index is 569. The lowest BCUT2D eigenvalue weighted by Gasteiger charge is -2.31. The number of carbonyl (C=O) groups is 1. The monoisotopic (exact) mass is 318 g/mol. The van der Waals surface area contributed by atoms with Crippen molar-refractivity contribution in [3.05, 3.63) is 47.7 Å². The van der Waals surface area contributed by atoms with E-state index in [-0.39, 0.29) is 5.91 Å². The Balaban J connectivity index is 1.60. The third kappa shape index (κ3) is 3.79. The first kappa shape index (κ1) is 16.1. The Kier molecular flexibility index (Phi) is 5.07. The van der Waals surface area contributed by atoms with E-state index in [1.165, 1.54) is 6.08 Å². The van der Waals surface area contributed by atoms with E-state index in [0.717, 1.165) is 26.1 Å². The van der Waals surface area contributed by atoms with Gasteiger partial charge in [-0.3, -0.25) is 4.79 Å². The van der Waals surface area contributed by atoms with Gasteiger partial charge in [0.15, 0.2) is 6.23 Å². The van der Waals surface area contributed by atoms with Crippen LogP contribution in [-0.2, 0) is 4.74 Å². The molecule has 2 atom stereocenters. The van der Waals surface area contributed by atoms with E-state index in [0.29, 0.717) is 23.7 Å². The highest BCUT2D eigenvalue weighted by Crippen LogP contribution is 2.24. The van der Waals surface area contributed by atoms with E-state index >= 15 is 0 Å². The fraction of sp³-hybridized carbons (Fsp3) is 0.471. The number of nitrogens with one attached hydrogen (secondary N) is 1. The highest BCUT2D eigenvalue weighted by molar-refractivity contribution is 5.95. The van der Waals surface area contributed by atoms with Gasteiger partial charge in [0.1, 0.15) is 6.23 Å². The second kappa shape index (κ2) is 7.23. The van der Waals surface area contributed by atoms with Crippen molar-refractivity contribution in [2.24, 2.45) is 5.92 Å². The number of hydrogen-bond donors (Lipinski definition) is 3. The van der Waals surface area contributed by atoms with Crippen LogP contribution in [0.15, 0.2) is 42.1 Å². The second-order valence-corrected chi connectivity index (χ2v) is 5.98. The van der Waals surface area contributed by atoms with Crippen molar-refractivity contribution >= 4 is 5.91 Å². The lowest BCUT2D eigenvalue weighted by molar-refractivity contribution is -0.0628. The van der Waals surface area contributed by atoms with Crippen LogP contribution in [0.4, 0.5) is 0 Å². The highest BCUT2D eigenvalue weighted by Gasteiger charge is 2.34. The normalized spacial score (nSPS) is 26.1. The van der Waals surface area contributed by atoms with Crippen LogP contribution in [0.5, 0.6) is 0 Å². The Morgan fingerprint density at radius 1 is 1.22 bits per heavy atom. The Morgan fingerprint density at radius 2 is 1.91 bits per heavy atom. The van der Waals surface area contributed by atoms with E-state index in [2.05, 4.69) is 5.32 Å². The number of aliphatic hydroxyl groups excluding tert-OH is 2. The van der Waals surface area contributed by atoms with E-state index in [1.807, 2.05) is 6.07 Å². The SMILES string of the molecule is O=C(NC1=CC(O)N(CC2CCOCC2)C1O)c1ccccc1. The third-order valence-electron chi connectivity index (χ3n) is 4.36. The summed E-state index contributed by atoms with van der Waals surface area (Å²) in [6.07, 6.45) is 1.44. The van der Waals surface area contributed by atoms with Gasteiger partial charge in [0.05, 0.1) is 5.70 Å². The van der Waals surface area contributed by atoms with Crippen LogP contribution in [0.2, 0.25) is 0 Å². The van der Waals surface area contributed by atoms with Gasteiger partial charge in [-0.25, -0.2) is 4.90 Å². The number of ether oxygens (including phenoxy) is 1. The Labute approximate surface area is 135 Å². The molecule has 1 fully saturated rings. The lowest BCUT2D eigenvalue weighted by Crippen LogP contribution is -2.44. The Morgan fingerprint density at radius 3 is 2.61 bits per heavy atom. The van der Waals surface area contributed by atoms with Gasteiger partial charge in [-0.1, -0.05) is 18.2 Å². The first-order chi connectivity index (χ1) is 11.1. The number of nitrogens with zero attached hydrogens (tertiary/aromatic N) is 1. The quantitative estimate of drug-likeness (QED) is 0.760. The minimum Gasteiger partial charge on any atom is -0.381 e. The summed E-state index contributed by atoms with van der Waals surface area (Å²) in [6.45, 7) is 2.01. The molecule has 6 nitrogen and oxygen atoms in total. The van der Waals surface area contributed by atoms with E-state index < -0.39 is 12.5 Å². The van der Waals surface area contributed by atoms with Gasteiger partial charge in [0.25, 0.3) is 5.91 Å². The molecular formula is C17H22N2O4. The summed E-state index contributed by atoms with van der Waals surface area (Å²) in [7, 11) is 0. The molecule has 0 spiro atoms. The van der Waals surface area contributed by atoms with E-state index in [9.17, 15) is 15.0 Å². The molecule has 0 aromatic heterocycles. The molecule has 6 heteroatoms. The maximum atomic E-state index is 12.2. The van der Waals surface area contributed by atoms with Crippen molar-refractivity contribution in [2.75, 3.05) is 19.8 Å². The first-order valence-corrected chi connectivity index (χ1v) is 7.93. The van der Waals surface area contributed by atoms with Gasteiger partial charge in [0.2, 0.25) is 0 Å². The second-order valence-electron chi connectivity index (χ2n) is 5.98. The van der Waals surface area contributed by atoms with Crippen LogP contribution in [-0.4, -0.2) is 53.2 Å². The van der Waals surface area contributed by atoms with Gasteiger partial charge in [-0.2, -0.15) is 0 Å². The van der Waals surface area contributed by atoms with Crippen LogP contribution < -0.4 is 5.32 Å². The number of rotatable bonds is 4. The molecule has 124 valence electrons. The van der Waals surface area contributed by atoms with Crippen molar-refractivity contribution in [1.82, 2.24) is 10.2 Å².